The number of methoxy groups -OCH3 is 1. The Hall–Kier alpha value is -2.55. The van der Waals surface area contributed by atoms with Crippen molar-refractivity contribution in [2.45, 2.75) is 13.5 Å². The van der Waals surface area contributed by atoms with Crippen molar-refractivity contribution in [2.24, 2.45) is 0 Å². The summed E-state index contributed by atoms with van der Waals surface area (Å²) >= 11 is 0. The van der Waals surface area contributed by atoms with Crippen LogP contribution in [0.5, 0.6) is 5.75 Å². The van der Waals surface area contributed by atoms with Gasteiger partial charge >= 0.3 is 0 Å². The number of hydrogen-bond donors (Lipinski definition) is 0. The fourth-order valence-corrected chi connectivity index (χ4v) is 2.58. The minimum absolute atomic E-state index is 0.0660. The van der Waals surface area contributed by atoms with Crippen LogP contribution in [0.1, 0.15) is 22.8 Å². The number of para-hydroxylation sites is 1. The molecule has 0 N–H and O–H groups in total. The Balaban J connectivity index is 2.04. The first kappa shape index (κ1) is 13.4. The van der Waals surface area contributed by atoms with Gasteiger partial charge in [0, 0.05) is 22.8 Å². The standard InChI is InChI=1S/C18H17NO2/c1-13(20)15-7-8-18(21-2)16(11-15)12-19-10-9-14-5-3-4-6-17(14)19/h3-11H,12H2,1-2H3. The molecule has 0 bridgehead atoms. The number of benzene rings is 2. The van der Waals surface area contributed by atoms with Crippen LogP contribution < -0.4 is 4.74 Å². The van der Waals surface area contributed by atoms with Crippen molar-refractivity contribution in [3.05, 3.63) is 65.9 Å². The van der Waals surface area contributed by atoms with Gasteiger partial charge in [-0.05, 0) is 42.6 Å². The average Bonchev–Trinajstić information content (AvgIpc) is 2.90. The lowest BCUT2D eigenvalue weighted by molar-refractivity contribution is 0.101. The summed E-state index contributed by atoms with van der Waals surface area (Å²) in [6.07, 6.45) is 2.06. The van der Waals surface area contributed by atoms with Crippen molar-refractivity contribution in [2.75, 3.05) is 7.11 Å². The number of ketones is 1. The molecule has 0 amide bonds. The molecule has 1 aromatic heterocycles. The van der Waals surface area contributed by atoms with Crippen LogP contribution in [0.15, 0.2) is 54.7 Å². The van der Waals surface area contributed by atoms with Gasteiger partial charge in [0.15, 0.2) is 5.78 Å². The van der Waals surface area contributed by atoms with Gasteiger partial charge in [-0.2, -0.15) is 0 Å². The minimum atomic E-state index is 0.0660. The van der Waals surface area contributed by atoms with E-state index < -0.39 is 0 Å². The molecule has 106 valence electrons. The maximum atomic E-state index is 11.6. The molecule has 0 aliphatic heterocycles. The van der Waals surface area contributed by atoms with Gasteiger partial charge in [0.1, 0.15) is 5.75 Å². The first-order chi connectivity index (χ1) is 10.2. The van der Waals surface area contributed by atoms with E-state index in [-0.39, 0.29) is 5.78 Å². The second kappa shape index (κ2) is 5.44. The number of ether oxygens (including phenoxy) is 1. The molecule has 2 aromatic carbocycles. The number of carbonyl (C=O) groups excluding carboxylic acids is 1. The number of nitrogens with zero attached hydrogens (tertiary/aromatic N) is 1. The third-order valence-corrected chi connectivity index (χ3v) is 3.71. The molecular weight excluding hydrogens is 262 g/mol. The number of aromatic nitrogens is 1. The summed E-state index contributed by atoms with van der Waals surface area (Å²) in [6.45, 7) is 2.26. The van der Waals surface area contributed by atoms with Gasteiger partial charge in [-0.25, -0.2) is 0 Å². The highest BCUT2D eigenvalue weighted by atomic mass is 16.5. The number of hydrogen-bond acceptors (Lipinski definition) is 2. The zero-order valence-corrected chi connectivity index (χ0v) is 12.2. The van der Waals surface area contributed by atoms with Crippen LogP contribution in [-0.2, 0) is 6.54 Å². The third kappa shape index (κ3) is 2.55. The zero-order chi connectivity index (χ0) is 14.8. The first-order valence-electron chi connectivity index (χ1n) is 6.91. The second-order valence-corrected chi connectivity index (χ2v) is 5.09. The van der Waals surface area contributed by atoms with Gasteiger partial charge in [-0.15, -0.1) is 0 Å². The summed E-state index contributed by atoms with van der Waals surface area (Å²) in [5.74, 6) is 0.869. The smallest absolute Gasteiger partial charge is 0.159 e. The molecule has 3 heteroatoms. The van der Waals surface area contributed by atoms with E-state index in [1.54, 1.807) is 20.1 Å². The van der Waals surface area contributed by atoms with Crippen molar-refractivity contribution in [3.63, 3.8) is 0 Å². The van der Waals surface area contributed by atoms with E-state index in [9.17, 15) is 4.79 Å². The van der Waals surface area contributed by atoms with E-state index in [0.29, 0.717) is 12.1 Å². The highest BCUT2D eigenvalue weighted by Gasteiger charge is 2.09. The van der Waals surface area contributed by atoms with Gasteiger partial charge in [-0.1, -0.05) is 18.2 Å². The molecule has 0 fully saturated rings. The van der Waals surface area contributed by atoms with Crippen LogP contribution in [0, 0.1) is 0 Å². The molecule has 0 saturated carbocycles. The van der Waals surface area contributed by atoms with Crippen LogP contribution >= 0.6 is 0 Å². The summed E-state index contributed by atoms with van der Waals surface area (Å²) in [6, 6.07) is 15.9. The summed E-state index contributed by atoms with van der Waals surface area (Å²) in [7, 11) is 1.65. The molecule has 21 heavy (non-hydrogen) atoms. The van der Waals surface area contributed by atoms with Crippen molar-refractivity contribution >= 4 is 16.7 Å². The molecule has 0 saturated heterocycles. The van der Waals surface area contributed by atoms with Gasteiger partial charge in [0.2, 0.25) is 0 Å². The van der Waals surface area contributed by atoms with Crippen molar-refractivity contribution in [3.8, 4) is 5.75 Å². The molecule has 3 nitrogen and oxygen atoms in total. The Bertz CT molecular complexity index is 802. The largest absolute Gasteiger partial charge is 0.496 e. The number of fused-ring (bicyclic) bond motifs is 1. The molecule has 3 rings (SSSR count). The lowest BCUT2D eigenvalue weighted by atomic mass is 10.1. The van der Waals surface area contributed by atoms with Crippen molar-refractivity contribution < 1.29 is 9.53 Å². The molecule has 0 aliphatic carbocycles. The van der Waals surface area contributed by atoms with Crippen LogP contribution in [0.2, 0.25) is 0 Å². The lowest BCUT2D eigenvalue weighted by Crippen LogP contribution is -2.03. The van der Waals surface area contributed by atoms with Crippen molar-refractivity contribution in [1.82, 2.24) is 4.57 Å². The predicted octanol–water partition coefficient (Wildman–Crippen LogP) is 3.90. The molecule has 0 radical (unpaired) electrons. The number of carbonyl (C=O) groups is 1. The van der Waals surface area contributed by atoms with Crippen LogP contribution in [0.4, 0.5) is 0 Å². The predicted molar refractivity (Wildman–Crippen MR) is 84.0 cm³/mol. The normalized spacial score (nSPS) is 10.8. The second-order valence-electron chi connectivity index (χ2n) is 5.09. The number of rotatable bonds is 4. The Morgan fingerprint density at radius 3 is 2.71 bits per heavy atom. The third-order valence-electron chi connectivity index (χ3n) is 3.71. The Morgan fingerprint density at radius 1 is 1.14 bits per heavy atom. The molecule has 0 aliphatic rings. The summed E-state index contributed by atoms with van der Waals surface area (Å²) < 4.78 is 7.58. The van der Waals surface area contributed by atoms with E-state index in [1.807, 2.05) is 24.3 Å². The lowest BCUT2D eigenvalue weighted by Gasteiger charge is -2.12. The highest BCUT2D eigenvalue weighted by molar-refractivity contribution is 5.94. The molecule has 0 unspecified atom stereocenters. The van der Waals surface area contributed by atoms with E-state index in [1.165, 1.54) is 10.9 Å². The Morgan fingerprint density at radius 2 is 1.95 bits per heavy atom. The van der Waals surface area contributed by atoms with Crippen molar-refractivity contribution in [1.29, 1.82) is 0 Å². The fraction of sp³-hybridized carbons (Fsp3) is 0.167. The molecule has 0 spiro atoms. The molecule has 0 atom stereocenters. The van der Waals surface area contributed by atoms with Gasteiger partial charge < -0.3 is 9.30 Å². The Labute approximate surface area is 123 Å². The first-order valence-corrected chi connectivity index (χ1v) is 6.91. The summed E-state index contributed by atoms with van der Waals surface area (Å²) in [4.78, 5) is 11.6. The Kier molecular flexibility index (Phi) is 3.48. The average molecular weight is 279 g/mol. The van der Waals surface area contributed by atoms with Gasteiger partial charge in [-0.3, -0.25) is 4.79 Å². The molecular formula is C18H17NO2. The fourth-order valence-electron chi connectivity index (χ4n) is 2.58. The maximum absolute atomic E-state index is 11.6. The van der Waals surface area contributed by atoms with Crippen LogP contribution in [0.25, 0.3) is 10.9 Å². The molecule has 1 heterocycles. The van der Waals surface area contributed by atoms with Crippen LogP contribution in [-0.4, -0.2) is 17.5 Å². The summed E-state index contributed by atoms with van der Waals surface area (Å²) in [5, 5.41) is 1.21. The van der Waals surface area contributed by atoms with E-state index in [0.717, 1.165) is 11.3 Å². The van der Waals surface area contributed by atoms with E-state index in [4.69, 9.17) is 4.74 Å². The SMILES string of the molecule is COc1ccc(C(C)=O)cc1Cn1ccc2ccccc21. The monoisotopic (exact) mass is 279 g/mol. The minimum Gasteiger partial charge on any atom is -0.496 e. The van der Waals surface area contributed by atoms with E-state index >= 15 is 0 Å². The van der Waals surface area contributed by atoms with Gasteiger partial charge in [0.05, 0.1) is 13.7 Å². The topological polar surface area (TPSA) is 31.2 Å². The summed E-state index contributed by atoms with van der Waals surface area (Å²) in [5.41, 5.74) is 2.89. The quantitative estimate of drug-likeness (QED) is 0.678. The highest BCUT2D eigenvalue weighted by Crippen LogP contribution is 2.24. The zero-order valence-electron chi connectivity index (χ0n) is 12.2. The molecule has 3 aromatic rings. The van der Waals surface area contributed by atoms with Gasteiger partial charge in [0.25, 0.3) is 0 Å². The van der Waals surface area contributed by atoms with E-state index in [2.05, 4.69) is 29.0 Å². The van der Waals surface area contributed by atoms with Crippen LogP contribution in [0.3, 0.4) is 0 Å². The maximum Gasteiger partial charge on any atom is 0.159 e. The number of Topliss-reactive ketones (excluding diaryl/α,β-unsaturated/α-hetero) is 1.